The minimum absolute atomic E-state index is 0.283. The molecule has 0 saturated heterocycles. The first-order chi connectivity index (χ1) is 9.81. The predicted molar refractivity (Wildman–Crippen MR) is 89.4 cm³/mol. The highest BCUT2D eigenvalue weighted by Crippen LogP contribution is 2.66. The molecule has 4 fully saturated rings. The van der Waals surface area contributed by atoms with Crippen LogP contribution in [0.25, 0.3) is 0 Å². The second kappa shape index (κ2) is 3.97. The molecule has 5 rings (SSSR count). The number of para-hydroxylation sites is 1. The van der Waals surface area contributed by atoms with E-state index in [1.165, 1.54) is 44.1 Å². The average molecular weight is 284 g/mol. The van der Waals surface area contributed by atoms with Gasteiger partial charge in [0.05, 0.1) is 11.4 Å². The van der Waals surface area contributed by atoms with Crippen molar-refractivity contribution in [2.75, 3.05) is 11.1 Å². The molecule has 2 nitrogen and oxygen atoms in total. The maximum absolute atomic E-state index is 6.32. The van der Waals surface area contributed by atoms with Gasteiger partial charge in [-0.2, -0.15) is 0 Å². The van der Waals surface area contributed by atoms with Crippen LogP contribution in [0.4, 0.5) is 11.4 Å². The Hall–Kier alpha value is -1.18. The number of hydrogen-bond acceptors (Lipinski definition) is 2. The van der Waals surface area contributed by atoms with Crippen LogP contribution in [-0.4, -0.2) is 5.54 Å². The second-order valence-corrected chi connectivity index (χ2v) is 9.07. The molecule has 114 valence electrons. The van der Waals surface area contributed by atoms with Gasteiger partial charge in [-0.1, -0.05) is 26.0 Å². The summed E-state index contributed by atoms with van der Waals surface area (Å²) >= 11 is 0. The van der Waals surface area contributed by atoms with Gasteiger partial charge in [0.25, 0.3) is 0 Å². The van der Waals surface area contributed by atoms with Crippen LogP contribution in [0, 0.1) is 23.7 Å². The van der Waals surface area contributed by atoms with Crippen molar-refractivity contribution in [1.82, 2.24) is 0 Å². The van der Waals surface area contributed by atoms with E-state index in [-0.39, 0.29) is 5.54 Å². The van der Waals surface area contributed by atoms with E-state index in [1.54, 1.807) is 0 Å². The lowest BCUT2D eigenvalue weighted by atomic mass is 9.43. The van der Waals surface area contributed by atoms with Crippen molar-refractivity contribution < 1.29 is 0 Å². The van der Waals surface area contributed by atoms with E-state index < -0.39 is 0 Å². The smallest absolute Gasteiger partial charge is 0.0580 e. The summed E-state index contributed by atoms with van der Waals surface area (Å²) in [5.41, 5.74) is 11.0. The topological polar surface area (TPSA) is 38.0 Å². The number of nitrogens with one attached hydrogen (secondary N) is 1. The van der Waals surface area contributed by atoms with Crippen LogP contribution in [-0.2, 0) is 0 Å². The van der Waals surface area contributed by atoms with E-state index in [1.807, 2.05) is 0 Å². The number of benzene rings is 1. The molecule has 2 heteroatoms. The number of rotatable bonds is 2. The Bertz CT molecular complexity index is 573. The molecule has 0 aliphatic heterocycles. The standard InChI is InChI=1S/C19H28N2/c1-13-5-4-6-15(16(13)20)21-19-9-14-7-17(2,11-19)10-18(3,8-14)12-19/h4-6,14,21H,7-12,20H2,1-3H3. The lowest BCUT2D eigenvalue weighted by Crippen LogP contribution is -2.61. The van der Waals surface area contributed by atoms with E-state index in [4.69, 9.17) is 5.73 Å². The number of hydrogen-bond donors (Lipinski definition) is 2. The number of aryl methyl sites for hydroxylation is 1. The van der Waals surface area contributed by atoms with Crippen molar-refractivity contribution in [3.63, 3.8) is 0 Å². The zero-order valence-electron chi connectivity index (χ0n) is 13.6. The van der Waals surface area contributed by atoms with Crippen LogP contribution in [0.5, 0.6) is 0 Å². The molecule has 4 aliphatic rings. The number of nitrogens with two attached hydrogens (primary N) is 1. The molecule has 0 spiro atoms. The fraction of sp³-hybridized carbons (Fsp3) is 0.684. The zero-order chi connectivity index (χ0) is 14.9. The molecule has 3 N–H and O–H groups in total. The highest BCUT2D eigenvalue weighted by molar-refractivity contribution is 5.70. The number of anilines is 2. The molecule has 0 amide bonds. The Morgan fingerprint density at radius 1 is 1.05 bits per heavy atom. The first-order valence-electron chi connectivity index (χ1n) is 8.44. The maximum atomic E-state index is 6.32. The Labute approximate surface area is 128 Å². The highest BCUT2D eigenvalue weighted by atomic mass is 15.0. The van der Waals surface area contributed by atoms with Crippen LogP contribution < -0.4 is 11.1 Å². The third-order valence-electron chi connectivity index (χ3n) is 6.35. The normalized spacial score (nSPS) is 44.0. The van der Waals surface area contributed by atoms with Gasteiger partial charge in [-0.05, 0) is 73.8 Å². The van der Waals surface area contributed by atoms with Crippen LogP contribution >= 0.6 is 0 Å². The van der Waals surface area contributed by atoms with E-state index in [2.05, 4.69) is 44.3 Å². The van der Waals surface area contributed by atoms with Gasteiger partial charge in [-0.3, -0.25) is 0 Å². The van der Waals surface area contributed by atoms with Crippen LogP contribution in [0.15, 0.2) is 18.2 Å². The molecule has 4 aliphatic carbocycles. The fourth-order valence-corrected chi connectivity index (χ4v) is 6.66. The van der Waals surface area contributed by atoms with Crippen molar-refractivity contribution in [2.24, 2.45) is 16.7 Å². The number of nitrogen functional groups attached to an aromatic ring is 1. The van der Waals surface area contributed by atoms with Crippen LogP contribution in [0.3, 0.4) is 0 Å². The summed E-state index contributed by atoms with van der Waals surface area (Å²) < 4.78 is 0. The summed E-state index contributed by atoms with van der Waals surface area (Å²) in [6.07, 6.45) is 8.28. The molecule has 2 unspecified atom stereocenters. The molecule has 4 bridgehead atoms. The Morgan fingerprint density at radius 2 is 1.71 bits per heavy atom. The lowest BCUT2D eigenvalue weighted by Gasteiger charge is -2.65. The van der Waals surface area contributed by atoms with E-state index in [0.717, 1.165) is 17.3 Å². The van der Waals surface area contributed by atoms with Gasteiger partial charge in [-0.15, -0.1) is 0 Å². The SMILES string of the molecule is Cc1cccc(NC23CC4CC(C)(CC(C)(C4)C2)C3)c1N. The summed E-state index contributed by atoms with van der Waals surface area (Å²) in [5, 5.41) is 3.92. The van der Waals surface area contributed by atoms with Gasteiger partial charge < -0.3 is 11.1 Å². The summed E-state index contributed by atoms with van der Waals surface area (Å²) in [4.78, 5) is 0. The monoisotopic (exact) mass is 284 g/mol. The van der Waals surface area contributed by atoms with E-state index in [9.17, 15) is 0 Å². The van der Waals surface area contributed by atoms with Crippen molar-refractivity contribution >= 4 is 11.4 Å². The first kappa shape index (κ1) is 13.5. The molecule has 0 aromatic heterocycles. The highest BCUT2D eigenvalue weighted by Gasteiger charge is 2.60. The van der Waals surface area contributed by atoms with Gasteiger partial charge in [-0.25, -0.2) is 0 Å². The van der Waals surface area contributed by atoms with Crippen molar-refractivity contribution in [3.8, 4) is 0 Å². The van der Waals surface area contributed by atoms with Crippen LogP contribution in [0.1, 0.15) is 57.9 Å². The van der Waals surface area contributed by atoms with Gasteiger partial charge in [0.2, 0.25) is 0 Å². The third-order valence-corrected chi connectivity index (χ3v) is 6.35. The third kappa shape index (κ3) is 2.06. The summed E-state index contributed by atoms with van der Waals surface area (Å²) in [5.74, 6) is 0.912. The lowest BCUT2D eigenvalue weighted by molar-refractivity contribution is -0.0972. The molecule has 1 aromatic rings. The molecule has 2 atom stereocenters. The molecular weight excluding hydrogens is 256 g/mol. The van der Waals surface area contributed by atoms with E-state index >= 15 is 0 Å². The predicted octanol–water partition coefficient (Wildman–Crippen LogP) is 4.74. The average Bonchev–Trinajstić information content (AvgIpc) is 2.30. The Morgan fingerprint density at radius 3 is 2.33 bits per heavy atom. The van der Waals surface area contributed by atoms with Gasteiger partial charge in [0.1, 0.15) is 0 Å². The molecule has 0 radical (unpaired) electrons. The van der Waals surface area contributed by atoms with E-state index in [0.29, 0.717) is 10.8 Å². The van der Waals surface area contributed by atoms with Crippen molar-refractivity contribution in [1.29, 1.82) is 0 Å². The molecule has 0 heterocycles. The molecule has 4 saturated carbocycles. The van der Waals surface area contributed by atoms with Crippen molar-refractivity contribution in [2.45, 2.75) is 64.8 Å². The van der Waals surface area contributed by atoms with Crippen molar-refractivity contribution in [3.05, 3.63) is 23.8 Å². The van der Waals surface area contributed by atoms with Crippen LogP contribution in [0.2, 0.25) is 0 Å². The largest absolute Gasteiger partial charge is 0.397 e. The minimum Gasteiger partial charge on any atom is -0.397 e. The minimum atomic E-state index is 0.283. The second-order valence-electron chi connectivity index (χ2n) is 9.07. The van der Waals surface area contributed by atoms with Gasteiger partial charge >= 0.3 is 0 Å². The fourth-order valence-electron chi connectivity index (χ4n) is 6.66. The summed E-state index contributed by atoms with van der Waals surface area (Å²) in [7, 11) is 0. The molecular formula is C19H28N2. The summed E-state index contributed by atoms with van der Waals surface area (Å²) in [6, 6.07) is 6.38. The quantitative estimate of drug-likeness (QED) is 0.770. The maximum Gasteiger partial charge on any atom is 0.0580 e. The van der Waals surface area contributed by atoms with Gasteiger partial charge in [0.15, 0.2) is 0 Å². The Balaban J connectivity index is 1.70. The first-order valence-corrected chi connectivity index (χ1v) is 8.44. The molecule has 21 heavy (non-hydrogen) atoms. The summed E-state index contributed by atoms with van der Waals surface area (Å²) in [6.45, 7) is 7.14. The van der Waals surface area contributed by atoms with Gasteiger partial charge in [0, 0.05) is 5.54 Å². The zero-order valence-corrected chi connectivity index (χ0v) is 13.6. The molecule has 1 aromatic carbocycles. The Kier molecular flexibility index (Phi) is 2.55.